The van der Waals surface area contributed by atoms with Crippen molar-refractivity contribution < 1.29 is 14.1 Å². The third-order valence-electron chi connectivity index (χ3n) is 3.17. The van der Waals surface area contributed by atoms with Gasteiger partial charge in [-0.05, 0) is 31.4 Å². The minimum atomic E-state index is -0.937. The van der Waals surface area contributed by atoms with Crippen LogP contribution in [0.5, 0.6) is 0 Å². The Labute approximate surface area is 110 Å². The Hall–Kier alpha value is -1.98. The second-order valence-electron chi connectivity index (χ2n) is 4.98. The zero-order valence-electron chi connectivity index (χ0n) is 10.6. The second kappa shape index (κ2) is 5.34. The van der Waals surface area contributed by atoms with E-state index in [1.165, 1.54) is 18.9 Å². The molecule has 0 radical (unpaired) electrons. The molecule has 1 aliphatic rings. The van der Waals surface area contributed by atoms with Gasteiger partial charge in [-0.1, -0.05) is 12.8 Å². The van der Waals surface area contributed by atoms with E-state index < -0.39 is 22.3 Å². The summed E-state index contributed by atoms with van der Waals surface area (Å²) in [6.07, 6.45) is 3.31. The van der Waals surface area contributed by atoms with E-state index in [0.29, 0.717) is 5.92 Å². The zero-order valence-corrected chi connectivity index (χ0v) is 10.6. The highest BCUT2D eigenvalue weighted by Crippen LogP contribution is 2.33. The molecule has 0 aromatic heterocycles. The number of hydrogen-bond acceptors (Lipinski definition) is 3. The van der Waals surface area contributed by atoms with Gasteiger partial charge in [0.05, 0.1) is 4.92 Å². The minimum absolute atomic E-state index is 0.0177. The van der Waals surface area contributed by atoms with Crippen molar-refractivity contribution in [2.75, 3.05) is 0 Å². The molecule has 0 saturated heterocycles. The summed E-state index contributed by atoms with van der Waals surface area (Å²) in [6.45, 7) is 1.90. The van der Waals surface area contributed by atoms with Crippen LogP contribution in [0.4, 0.5) is 10.1 Å². The Kier molecular flexibility index (Phi) is 3.78. The smallest absolute Gasteiger partial charge is 0.305 e. The molecule has 19 heavy (non-hydrogen) atoms. The molecule has 0 aliphatic heterocycles. The molecule has 1 aliphatic carbocycles. The Morgan fingerprint density at radius 2 is 2.26 bits per heavy atom. The summed E-state index contributed by atoms with van der Waals surface area (Å²) in [5.74, 6) is -0.665. The van der Waals surface area contributed by atoms with E-state index in [2.05, 4.69) is 5.32 Å². The molecule has 1 saturated carbocycles. The van der Waals surface area contributed by atoms with Gasteiger partial charge in [-0.25, -0.2) is 0 Å². The number of nitro benzene ring substituents is 1. The van der Waals surface area contributed by atoms with Crippen molar-refractivity contribution in [3.63, 3.8) is 0 Å². The predicted molar refractivity (Wildman–Crippen MR) is 67.3 cm³/mol. The van der Waals surface area contributed by atoms with Gasteiger partial charge < -0.3 is 5.32 Å². The minimum Gasteiger partial charge on any atom is -0.350 e. The fraction of sp³-hybridized carbons (Fsp3) is 0.462. The standard InChI is InChI=1S/C13H15FN2O3/c1-8(6-9-2-3-9)15-13(17)10-4-5-11(14)12(7-10)16(18)19/h4-5,7-9H,2-3,6H2,1H3,(H,15,17). The average molecular weight is 266 g/mol. The van der Waals surface area contributed by atoms with E-state index in [1.54, 1.807) is 0 Å². The van der Waals surface area contributed by atoms with Crippen LogP contribution in [-0.4, -0.2) is 16.9 Å². The molecule has 5 nitrogen and oxygen atoms in total. The van der Waals surface area contributed by atoms with Crippen LogP contribution >= 0.6 is 0 Å². The number of nitro groups is 1. The summed E-state index contributed by atoms with van der Waals surface area (Å²) in [7, 11) is 0. The molecule has 1 N–H and O–H groups in total. The highest BCUT2D eigenvalue weighted by atomic mass is 19.1. The Bertz CT molecular complexity index is 515. The van der Waals surface area contributed by atoms with Crippen LogP contribution < -0.4 is 5.32 Å². The Morgan fingerprint density at radius 1 is 1.58 bits per heavy atom. The molecule has 1 amide bonds. The fourth-order valence-corrected chi connectivity index (χ4v) is 2.01. The van der Waals surface area contributed by atoms with Crippen LogP contribution in [0.1, 0.15) is 36.5 Å². The van der Waals surface area contributed by atoms with Crippen LogP contribution in [0.3, 0.4) is 0 Å². The van der Waals surface area contributed by atoms with Crippen LogP contribution in [-0.2, 0) is 0 Å². The normalized spacial score (nSPS) is 15.9. The second-order valence-corrected chi connectivity index (χ2v) is 4.98. The summed E-state index contributed by atoms with van der Waals surface area (Å²) in [5, 5.41) is 13.4. The first-order valence-corrected chi connectivity index (χ1v) is 6.22. The van der Waals surface area contributed by atoms with Crippen molar-refractivity contribution in [3.8, 4) is 0 Å². The SMILES string of the molecule is CC(CC1CC1)NC(=O)c1ccc(F)c([N+](=O)[O-])c1. The van der Waals surface area contributed by atoms with Gasteiger partial charge in [0.15, 0.2) is 0 Å². The van der Waals surface area contributed by atoms with E-state index in [9.17, 15) is 19.3 Å². The first kappa shape index (κ1) is 13.5. The molecule has 1 atom stereocenters. The van der Waals surface area contributed by atoms with Crippen molar-refractivity contribution >= 4 is 11.6 Å². The van der Waals surface area contributed by atoms with E-state index in [4.69, 9.17) is 0 Å². The van der Waals surface area contributed by atoms with Crippen LogP contribution in [0.25, 0.3) is 0 Å². The summed E-state index contributed by atoms with van der Waals surface area (Å²) in [5.41, 5.74) is -0.571. The molecular formula is C13H15FN2O3. The number of benzene rings is 1. The molecule has 6 heteroatoms. The van der Waals surface area contributed by atoms with E-state index >= 15 is 0 Å². The maximum absolute atomic E-state index is 13.2. The highest BCUT2D eigenvalue weighted by molar-refractivity contribution is 5.95. The maximum Gasteiger partial charge on any atom is 0.305 e. The largest absolute Gasteiger partial charge is 0.350 e. The third-order valence-corrected chi connectivity index (χ3v) is 3.17. The summed E-state index contributed by atoms with van der Waals surface area (Å²) in [6, 6.07) is 3.18. The Morgan fingerprint density at radius 3 is 2.84 bits per heavy atom. The molecule has 1 aromatic carbocycles. The number of amides is 1. The van der Waals surface area contributed by atoms with Crippen LogP contribution in [0, 0.1) is 21.8 Å². The number of rotatable bonds is 5. The fourth-order valence-electron chi connectivity index (χ4n) is 2.01. The van der Waals surface area contributed by atoms with Crippen molar-refractivity contribution in [3.05, 3.63) is 39.7 Å². The summed E-state index contributed by atoms with van der Waals surface area (Å²) < 4.78 is 13.2. The van der Waals surface area contributed by atoms with Crippen LogP contribution in [0.15, 0.2) is 18.2 Å². The van der Waals surface area contributed by atoms with Gasteiger partial charge in [-0.2, -0.15) is 4.39 Å². The van der Waals surface area contributed by atoms with Crippen molar-refractivity contribution in [2.45, 2.75) is 32.2 Å². The van der Waals surface area contributed by atoms with Gasteiger partial charge in [-0.15, -0.1) is 0 Å². The summed E-state index contributed by atoms with van der Waals surface area (Å²) >= 11 is 0. The molecule has 1 fully saturated rings. The Balaban J connectivity index is 2.05. The molecule has 102 valence electrons. The van der Waals surface area contributed by atoms with E-state index in [0.717, 1.165) is 18.6 Å². The van der Waals surface area contributed by atoms with Gasteiger partial charge in [0.25, 0.3) is 5.91 Å². The molecule has 0 heterocycles. The molecule has 0 spiro atoms. The number of nitrogens with zero attached hydrogens (tertiary/aromatic N) is 1. The first-order valence-electron chi connectivity index (χ1n) is 6.22. The molecule has 1 unspecified atom stereocenters. The van der Waals surface area contributed by atoms with E-state index in [1.807, 2.05) is 6.92 Å². The van der Waals surface area contributed by atoms with Crippen LogP contribution in [0.2, 0.25) is 0 Å². The van der Waals surface area contributed by atoms with Gasteiger partial charge in [0, 0.05) is 17.7 Å². The summed E-state index contributed by atoms with van der Waals surface area (Å²) in [4.78, 5) is 21.7. The molecular weight excluding hydrogens is 251 g/mol. The number of halogens is 1. The lowest BCUT2D eigenvalue weighted by Gasteiger charge is -2.13. The van der Waals surface area contributed by atoms with Gasteiger partial charge in [0.2, 0.25) is 5.82 Å². The topological polar surface area (TPSA) is 72.2 Å². The quantitative estimate of drug-likeness (QED) is 0.657. The lowest BCUT2D eigenvalue weighted by Crippen LogP contribution is -2.32. The zero-order chi connectivity index (χ0) is 14.0. The maximum atomic E-state index is 13.2. The number of carbonyl (C=O) groups excluding carboxylic acids is 1. The number of hydrogen-bond donors (Lipinski definition) is 1. The third kappa shape index (κ3) is 3.49. The monoisotopic (exact) mass is 266 g/mol. The lowest BCUT2D eigenvalue weighted by molar-refractivity contribution is -0.387. The predicted octanol–water partition coefficient (Wildman–Crippen LogP) is 2.65. The van der Waals surface area contributed by atoms with Crippen molar-refractivity contribution in [1.82, 2.24) is 5.32 Å². The molecule has 2 rings (SSSR count). The number of nitrogens with one attached hydrogen (secondary N) is 1. The number of carbonyl (C=O) groups is 1. The molecule has 1 aromatic rings. The first-order chi connectivity index (χ1) is 8.97. The lowest BCUT2D eigenvalue weighted by atomic mass is 10.1. The van der Waals surface area contributed by atoms with Crippen molar-refractivity contribution in [2.24, 2.45) is 5.92 Å². The highest BCUT2D eigenvalue weighted by Gasteiger charge is 2.25. The van der Waals surface area contributed by atoms with Crippen molar-refractivity contribution in [1.29, 1.82) is 0 Å². The van der Waals surface area contributed by atoms with Gasteiger partial charge in [0.1, 0.15) is 0 Å². The average Bonchev–Trinajstić information content (AvgIpc) is 3.12. The van der Waals surface area contributed by atoms with E-state index in [-0.39, 0.29) is 11.6 Å². The van der Waals surface area contributed by atoms with Gasteiger partial charge in [-0.3, -0.25) is 14.9 Å². The van der Waals surface area contributed by atoms with Gasteiger partial charge >= 0.3 is 5.69 Å². The molecule has 0 bridgehead atoms.